The molecule has 1 saturated heterocycles. The molecule has 1 aromatic heterocycles. The first kappa shape index (κ1) is 14.4. The Labute approximate surface area is 124 Å². The van der Waals surface area contributed by atoms with Gasteiger partial charge in [0.2, 0.25) is 0 Å². The zero-order valence-corrected chi connectivity index (χ0v) is 12.3. The van der Waals surface area contributed by atoms with Crippen LogP contribution in [0.3, 0.4) is 0 Å². The van der Waals surface area contributed by atoms with Crippen molar-refractivity contribution in [3.8, 4) is 0 Å². The molecule has 2 atom stereocenters. The summed E-state index contributed by atoms with van der Waals surface area (Å²) in [7, 11) is 0. The van der Waals surface area contributed by atoms with Gasteiger partial charge in [-0.2, -0.15) is 0 Å². The molecule has 2 heterocycles. The molecule has 2 aromatic rings. The average Bonchev–Trinajstić information content (AvgIpc) is 2.47. The first-order valence-corrected chi connectivity index (χ1v) is 7.57. The third-order valence-corrected chi connectivity index (χ3v) is 4.54. The van der Waals surface area contributed by atoms with Crippen molar-refractivity contribution in [2.45, 2.75) is 32.4 Å². The Morgan fingerprint density at radius 1 is 1.43 bits per heavy atom. The first-order valence-electron chi connectivity index (χ1n) is 7.57. The lowest BCUT2D eigenvalue weighted by Gasteiger charge is -2.39. The molecule has 2 unspecified atom stereocenters. The minimum absolute atomic E-state index is 0.153. The predicted molar refractivity (Wildman–Crippen MR) is 81.4 cm³/mol. The van der Waals surface area contributed by atoms with Gasteiger partial charge in [-0.3, -0.25) is 9.88 Å². The first-order chi connectivity index (χ1) is 10.2. The summed E-state index contributed by atoms with van der Waals surface area (Å²) in [6.07, 6.45) is 4.01. The van der Waals surface area contributed by atoms with Crippen LogP contribution in [0, 0.1) is 11.7 Å². The molecule has 0 saturated carbocycles. The van der Waals surface area contributed by atoms with E-state index in [2.05, 4.69) is 16.8 Å². The lowest BCUT2D eigenvalue weighted by atomic mass is 9.91. The van der Waals surface area contributed by atoms with Gasteiger partial charge in [0.25, 0.3) is 0 Å². The Bertz CT molecular complexity index is 631. The smallest absolute Gasteiger partial charge is 0.124 e. The molecule has 4 heteroatoms. The quantitative estimate of drug-likeness (QED) is 0.943. The summed E-state index contributed by atoms with van der Waals surface area (Å²) >= 11 is 0. The second-order valence-electron chi connectivity index (χ2n) is 5.98. The van der Waals surface area contributed by atoms with Crippen LogP contribution in [0.5, 0.6) is 0 Å². The number of likely N-dealkylation sites (tertiary alicyclic amines) is 1. The minimum atomic E-state index is -0.226. The Hall–Kier alpha value is -1.52. The van der Waals surface area contributed by atoms with Gasteiger partial charge in [0.15, 0.2) is 0 Å². The van der Waals surface area contributed by atoms with Gasteiger partial charge in [-0.05, 0) is 49.1 Å². The van der Waals surface area contributed by atoms with Crippen LogP contribution < -0.4 is 0 Å². The standard InChI is InChI=1S/C17H21FN2O/c1-12-4-3-7-20(16(12)11-21)10-14-9-15(18)8-13-5-2-6-19-17(13)14/h2,5-6,8-9,12,16,21H,3-4,7,10-11H2,1H3. The molecule has 1 aliphatic rings. The lowest BCUT2D eigenvalue weighted by molar-refractivity contribution is 0.0474. The number of pyridine rings is 1. The summed E-state index contributed by atoms with van der Waals surface area (Å²) in [5.74, 6) is 0.243. The van der Waals surface area contributed by atoms with Crippen LogP contribution in [0.1, 0.15) is 25.3 Å². The second-order valence-corrected chi connectivity index (χ2v) is 5.98. The number of nitrogens with zero attached hydrogens (tertiary/aromatic N) is 2. The third kappa shape index (κ3) is 2.92. The maximum atomic E-state index is 13.8. The lowest BCUT2D eigenvalue weighted by Crippen LogP contribution is -2.46. The number of aliphatic hydroxyl groups is 1. The summed E-state index contributed by atoms with van der Waals surface area (Å²) in [5, 5.41) is 10.5. The van der Waals surface area contributed by atoms with Crippen LogP contribution >= 0.6 is 0 Å². The fourth-order valence-electron chi connectivity index (χ4n) is 3.39. The van der Waals surface area contributed by atoms with Gasteiger partial charge in [0.1, 0.15) is 5.82 Å². The normalized spacial score (nSPS) is 23.6. The maximum Gasteiger partial charge on any atom is 0.124 e. The van der Waals surface area contributed by atoms with E-state index in [0.717, 1.165) is 35.9 Å². The highest BCUT2D eigenvalue weighted by atomic mass is 19.1. The molecule has 21 heavy (non-hydrogen) atoms. The molecule has 0 spiro atoms. The summed E-state index contributed by atoms with van der Waals surface area (Å²) < 4.78 is 13.8. The van der Waals surface area contributed by atoms with Crippen LogP contribution in [0.25, 0.3) is 10.9 Å². The van der Waals surface area contributed by atoms with Crippen molar-refractivity contribution in [1.82, 2.24) is 9.88 Å². The van der Waals surface area contributed by atoms with E-state index in [-0.39, 0.29) is 18.5 Å². The molecular formula is C17H21FN2O. The van der Waals surface area contributed by atoms with Crippen molar-refractivity contribution in [3.63, 3.8) is 0 Å². The number of piperidine rings is 1. The third-order valence-electron chi connectivity index (χ3n) is 4.54. The van der Waals surface area contributed by atoms with Crippen LogP contribution in [0.2, 0.25) is 0 Å². The largest absolute Gasteiger partial charge is 0.395 e. The van der Waals surface area contributed by atoms with Crippen LogP contribution in [-0.4, -0.2) is 34.2 Å². The summed E-state index contributed by atoms with van der Waals surface area (Å²) in [5.41, 5.74) is 1.76. The zero-order chi connectivity index (χ0) is 14.8. The van der Waals surface area contributed by atoms with Gasteiger partial charge in [-0.25, -0.2) is 4.39 Å². The Morgan fingerprint density at radius 2 is 2.29 bits per heavy atom. The number of hydrogen-bond donors (Lipinski definition) is 1. The number of aliphatic hydroxyl groups excluding tert-OH is 1. The van der Waals surface area contributed by atoms with E-state index in [1.54, 1.807) is 12.3 Å². The molecular weight excluding hydrogens is 267 g/mol. The van der Waals surface area contributed by atoms with Gasteiger partial charge in [0.05, 0.1) is 12.1 Å². The predicted octanol–water partition coefficient (Wildman–Crippen LogP) is 2.97. The Kier molecular flexibility index (Phi) is 4.17. The molecule has 0 bridgehead atoms. The molecule has 1 aromatic carbocycles. The van der Waals surface area contributed by atoms with E-state index in [1.807, 2.05) is 12.1 Å². The second kappa shape index (κ2) is 6.08. The minimum Gasteiger partial charge on any atom is -0.395 e. The fraction of sp³-hybridized carbons (Fsp3) is 0.471. The zero-order valence-electron chi connectivity index (χ0n) is 12.3. The Morgan fingerprint density at radius 3 is 3.10 bits per heavy atom. The molecule has 0 amide bonds. The molecule has 0 radical (unpaired) electrons. The van der Waals surface area contributed by atoms with Crippen molar-refractivity contribution in [3.05, 3.63) is 41.8 Å². The topological polar surface area (TPSA) is 36.4 Å². The van der Waals surface area contributed by atoms with Crippen LogP contribution in [-0.2, 0) is 6.54 Å². The van der Waals surface area contributed by atoms with Crippen molar-refractivity contribution in [2.24, 2.45) is 5.92 Å². The van der Waals surface area contributed by atoms with E-state index in [0.29, 0.717) is 12.5 Å². The fourth-order valence-corrected chi connectivity index (χ4v) is 3.39. The van der Waals surface area contributed by atoms with E-state index >= 15 is 0 Å². The van der Waals surface area contributed by atoms with Crippen molar-refractivity contribution < 1.29 is 9.50 Å². The van der Waals surface area contributed by atoms with Crippen LogP contribution in [0.15, 0.2) is 30.5 Å². The van der Waals surface area contributed by atoms with Crippen molar-refractivity contribution in [2.75, 3.05) is 13.2 Å². The van der Waals surface area contributed by atoms with E-state index in [1.165, 1.54) is 6.07 Å². The van der Waals surface area contributed by atoms with Crippen LogP contribution in [0.4, 0.5) is 4.39 Å². The van der Waals surface area contributed by atoms with E-state index in [4.69, 9.17) is 0 Å². The summed E-state index contributed by atoms with van der Waals surface area (Å²) in [4.78, 5) is 6.66. The SMILES string of the molecule is CC1CCCN(Cc2cc(F)cc3cccnc23)C1CO. The van der Waals surface area contributed by atoms with Gasteiger partial charge >= 0.3 is 0 Å². The number of rotatable bonds is 3. The van der Waals surface area contributed by atoms with Gasteiger partial charge in [0, 0.05) is 24.2 Å². The average molecular weight is 288 g/mol. The van der Waals surface area contributed by atoms with Gasteiger partial charge < -0.3 is 5.11 Å². The monoisotopic (exact) mass is 288 g/mol. The number of hydrogen-bond acceptors (Lipinski definition) is 3. The highest BCUT2D eigenvalue weighted by Crippen LogP contribution is 2.27. The van der Waals surface area contributed by atoms with Gasteiger partial charge in [-0.15, -0.1) is 0 Å². The number of halogens is 1. The van der Waals surface area contributed by atoms with Gasteiger partial charge in [-0.1, -0.05) is 13.0 Å². The van der Waals surface area contributed by atoms with E-state index in [9.17, 15) is 9.50 Å². The summed E-state index contributed by atoms with van der Waals surface area (Å²) in [6, 6.07) is 6.96. The molecule has 3 nitrogen and oxygen atoms in total. The van der Waals surface area contributed by atoms with Crippen molar-refractivity contribution >= 4 is 10.9 Å². The molecule has 1 N–H and O–H groups in total. The molecule has 3 rings (SSSR count). The maximum absolute atomic E-state index is 13.8. The van der Waals surface area contributed by atoms with E-state index < -0.39 is 0 Å². The highest BCUT2D eigenvalue weighted by molar-refractivity contribution is 5.81. The highest BCUT2D eigenvalue weighted by Gasteiger charge is 2.28. The molecule has 112 valence electrons. The molecule has 1 fully saturated rings. The number of benzene rings is 1. The molecule has 0 aliphatic carbocycles. The Balaban J connectivity index is 1.93. The number of fused-ring (bicyclic) bond motifs is 1. The number of aromatic nitrogens is 1. The van der Waals surface area contributed by atoms with Crippen molar-refractivity contribution in [1.29, 1.82) is 0 Å². The summed E-state index contributed by atoms with van der Waals surface area (Å²) in [6.45, 7) is 3.91. The molecule has 1 aliphatic heterocycles.